The Morgan fingerprint density at radius 1 is 1.12 bits per heavy atom. The third kappa shape index (κ3) is 6.17. The summed E-state index contributed by atoms with van der Waals surface area (Å²) >= 11 is 6.09. The van der Waals surface area contributed by atoms with Gasteiger partial charge in [-0.05, 0) is 46.3 Å². The van der Waals surface area contributed by atoms with E-state index in [0.717, 1.165) is 6.07 Å². The Hall–Kier alpha value is -4.89. The number of nitrogens with zero attached hydrogens (tertiary/aromatic N) is 7. The van der Waals surface area contributed by atoms with Crippen LogP contribution in [0.1, 0.15) is 28.5 Å². The minimum absolute atomic E-state index is 0.0184. The van der Waals surface area contributed by atoms with Gasteiger partial charge in [0.2, 0.25) is 6.20 Å². The molecule has 5 aromatic rings. The lowest BCUT2D eigenvalue weighted by molar-refractivity contribution is -0.891. The molecule has 3 aromatic heterocycles. The Kier molecular flexibility index (Phi) is 8.63. The van der Waals surface area contributed by atoms with Crippen molar-refractivity contribution in [1.82, 2.24) is 30.0 Å². The van der Waals surface area contributed by atoms with Crippen molar-refractivity contribution in [3.8, 4) is 27.9 Å². The predicted molar refractivity (Wildman–Crippen MR) is 143 cm³/mol. The van der Waals surface area contributed by atoms with Crippen molar-refractivity contribution in [2.75, 3.05) is 13.7 Å². The van der Waals surface area contributed by atoms with Gasteiger partial charge in [0.15, 0.2) is 5.82 Å². The second-order valence-electron chi connectivity index (χ2n) is 9.06. The molecule has 11 nitrogen and oxygen atoms in total. The number of rotatable bonds is 11. The Bertz CT molecular complexity index is 1770. The largest absolute Gasteiger partial charge is 0.366 e. The molecule has 0 saturated heterocycles. The summed E-state index contributed by atoms with van der Waals surface area (Å²) in [6.45, 7) is -3.34. The zero-order valence-electron chi connectivity index (χ0n) is 22.2. The normalized spacial score (nSPS) is 12.1. The molecular formula is C27H22ClF4N8O3+. The number of amides is 1. The number of hydrogen-bond acceptors (Lipinski definition) is 7. The highest BCUT2D eigenvalue weighted by molar-refractivity contribution is 6.31. The number of ether oxygens (including phenoxy) is 1. The molecule has 0 radical (unpaired) electrons. The van der Waals surface area contributed by atoms with E-state index < -0.39 is 30.2 Å². The summed E-state index contributed by atoms with van der Waals surface area (Å²) in [4.78, 5) is 17.0. The smallest absolute Gasteiger partial charge is 0.345 e. The summed E-state index contributed by atoms with van der Waals surface area (Å²) in [5.41, 5.74) is 6.95. The van der Waals surface area contributed by atoms with Crippen LogP contribution >= 0.6 is 11.6 Å². The summed E-state index contributed by atoms with van der Waals surface area (Å²) in [6.07, 6.45) is 5.83. The maximum Gasteiger partial charge on any atom is 0.345 e. The second-order valence-corrected chi connectivity index (χ2v) is 9.47. The standard InChI is InChI=1S/C27H21ClF4N8O3/c1-42-40-13-16(24-23(39-14-34-36-37-39)7-5-19(28)25(24)30)3-6-22(40)21(8-9-43-27(31)32)38-12-17(11-35-38)15-2-4-18(26(33)41)20(29)10-15/h2-7,10-14,21,27H,8-9H2,1H3,(H-,33,41)/p+1/t21-/m0/s1. The Morgan fingerprint density at radius 2 is 1.91 bits per heavy atom. The third-order valence-corrected chi connectivity index (χ3v) is 6.86. The predicted octanol–water partition coefficient (Wildman–Crippen LogP) is 3.79. The molecule has 5 rings (SSSR count). The molecule has 0 fully saturated rings. The lowest BCUT2D eigenvalue weighted by Gasteiger charge is -2.16. The average Bonchev–Trinajstić information content (AvgIpc) is 3.69. The van der Waals surface area contributed by atoms with Crippen molar-refractivity contribution in [3.63, 3.8) is 0 Å². The molecule has 0 aliphatic heterocycles. The highest BCUT2D eigenvalue weighted by Crippen LogP contribution is 2.34. The molecule has 1 atom stereocenters. The van der Waals surface area contributed by atoms with Gasteiger partial charge in [-0.15, -0.1) is 5.10 Å². The number of carbonyl (C=O) groups excluding carboxylic acids is 1. The molecule has 0 aliphatic carbocycles. The molecule has 16 heteroatoms. The second kappa shape index (κ2) is 12.5. The van der Waals surface area contributed by atoms with E-state index in [1.807, 2.05) is 0 Å². The van der Waals surface area contributed by atoms with E-state index in [0.29, 0.717) is 28.1 Å². The third-order valence-electron chi connectivity index (χ3n) is 6.56. The Morgan fingerprint density at radius 3 is 2.58 bits per heavy atom. The van der Waals surface area contributed by atoms with E-state index in [9.17, 15) is 18.0 Å². The van der Waals surface area contributed by atoms with Crippen LogP contribution in [0.2, 0.25) is 5.02 Å². The first kappa shape index (κ1) is 29.6. The molecule has 0 saturated carbocycles. The monoisotopic (exact) mass is 617 g/mol. The van der Waals surface area contributed by atoms with Gasteiger partial charge in [-0.2, -0.15) is 18.6 Å². The van der Waals surface area contributed by atoms with E-state index in [1.165, 1.54) is 58.1 Å². The molecular weight excluding hydrogens is 596 g/mol. The Balaban J connectivity index is 1.56. The van der Waals surface area contributed by atoms with Gasteiger partial charge in [0.05, 0.1) is 40.2 Å². The number of benzene rings is 2. The molecule has 222 valence electrons. The summed E-state index contributed by atoms with van der Waals surface area (Å²) in [6, 6.07) is 9.30. The minimum Gasteiger partial charge on any atom is -0.366 e. The van der Waals surface area contributed by atoms with E-state index in [4.69, 9.17) is 22.2 Å². The van der Waals surface area contributed by atoms with Gasteiger partial charge >= 0.3 is 6.61 Å². The van der Waals surface area contributed by atoms with Crippen molar-refractivity contribution < 1.29 is 36.7 Å². The van der Waals surface area contributed by atoms with Crippen LogP contribution in [0.4, 0.5) is 17.6 Å². The van der Waals surface area contributed by atoms with Crippen LogP contribution < -0.4 is 15.3 Å². The van der Waals surface area contributed by atoms with Crippen LogP contribution in [0.3, 0.4) is 0 Å². The lowest BCUT2D eigenvalue weighted by Crippen LogP contribution is -2.46. The van der Waals surface area contributed by atoms with E-state index in [-0.39, 0.29) is 29.2 Å². The summed E-state index contributed by atoms with van der Waals surface area (Å²) in [7, 11) is 1.37. The van der Waals surface area contributed by atoms with Gasteiger partial charge in [0.25, 0.3) is 11.6 Å². The zero-order valence-corrected chi connectivity index (χ0v) is 23.0. The van der Waals surface area contributed by atoms with Crippen LogP contribution in [0.15, 0.2) is 67.4 Å². The molecule has 3 heterocycles. The van der Waals surface area contributed by atoms with E-state index in [2.05, 4.69) is 25.4 Å². The number of primary amides is 1. The van der Waals surface area contributed by atoms with Gasteiger partial charge in [0, 0.05) is 29.0 Å². The minimum atomic E-state index is -2.99. The van der Waals surface area contributed by atoms with Gasteiger partial charge in [-0.3, -0.25) is 14.3 Å². The lowest BCUT2D eigenvalue weighted by atomic mass is 10.0. The van der Waals surface area contributed by atoms with Crippen LogP contribution in [0.5, 0.6) is 0 Å². The fraction of sp³-hybridized carbons (Fsp3) is 0.185. The van der Waals surface area contributed by atoms with E-state index in [1.54, 1.807) is 24.4 Å². The molecule has 0 aliphatic rings. The molecule has 43 heavy (non-hydrogen) atoms. The maximum absolute atomic E-state index is 15.4. The number of aromatic nitrogens is 7. The molecule has 0 bridgehead atoms. The molecule has 0 unspecified atom stereocenters. The number of alkyl halides is 2. The number of tetrazole rings is 1. The highest BCUT2D eigenvalue weighted by Gasteiger charge is 2.29. The number of hydrogen-bond donors (Lipinski definition) is 1. The van der Waals surface area contributed by atoms with Crippen molar-refractivity contribution in [2.45, 2.75) is 19.1 Å². The van der Waals surface area contributed by atoms with Gasteiger partial charge < -0.3 is 10.5 Å². The maximum atomic E-state index is 15.4. The average molecular weight is 618 g/mol. The van der Waals surface area contributed by atoms with Crippen LogP contribution in [0, 0.1) is 11.6 Å². The topological polar surface area (TPSA) is 127 Å². The van der Waals surface area contributed by atoms with Crippen molar-refractivity contribution in [1.29, 1.82) is 0 Å². The fourth-order valence-corrected chi connectivity index (χ4v) is 4.73. The van der Waals surface area contributed by atoms with Gasteiger partial charge in [-0.25, -0.2) is 8.78 Å². The Labute approximate surface area is 246 Å². The molecule has 2 aromatic carbocycles. The summed E-state index contributed by atoms with van der Waals surface area (Å²) in [5, 5.41) is 15.3. The fourth-order valence-electron chi connectivity index (χ4n) is 4.57. The number of nitrogens with two attached hydrogens (primary N) is 1. The molecule has 0 spiro atoms. The first-order chi connectivity index (χ1) is 20.7. The van der Waals surface area contributed by atoms with Crippen molar-refractivity contribution in [3.05, 3.63) is 95.3 Å². The first-order valence-electron chi connectivity index (χ1n) is 12.5. The van der Waals surface area contributed by atoms with Gasteiger partial charge in [0.1, 0.15) is 25.3 Å². The number of carbonyl (C=O) groups is 1. The number of halogens is 5. The zero-order chi connectivity index (χ0) is 30.7. The van der Waals surface area contributed by atoms with Crippen LogP contribution in [0.25, 0.3) is 27.9 Å². The van der Waals surface area contributed by atoms with Crippen LogP contribution in [-0.2, 0) is 4.74 Å². The van der Waals surface area contributed by atoms with Gasteiger partial charge in [-0.1, -0.05) is 17.7 Å². The van der Waals surface area contributed by atoms with Crippen molar-refractivity contribution >= 4 is 17.5 Å². The molecule has 2 N–H and O–H groups in total. The summed E-state index contributed by atoms with van der Waals surface area (Å²) < 4.78 is 64.1. The number of pyridine rings is 1. The SMILES string of the molecule is CO[n+]1cc(-c2c(-n3cnnn3)ccc(Cl)c2F)ccc1[C@H](CCOC(F)F)n1cc(-c2ccc(C(N)=O)c(F)c2)cn1. The molecule has 1 amide bonds. The van der Waals surface area contributed by atoms with E-state index >= 15 is 4.39 Å². The first-order valence-corrected chi connectivity index (χ1v) is 12.9. The highest BCUT2D eigenvalue weighted by atomic mass is 35.5. The van der Waals surface area contributed by atoms with Crippen LogP contribution in [-0.4, -0.2) is 56.2 Å². The van der Waals surface area contributed by atoms with Crippen molar-refractivity contribution in [2.24, 2.45) is 5.73 Å². The summed E-state index contributed by atoms with van der Waals surface area (Å²) in [5.74, 6) is -2.44. The quantitative estimate of drug-likeness (QED) is 0.177.